The van der Waals surface area contributed by atoms with Crippen molar-refractivity contribution in [2.24, 2.45) is 0 Å². The Hall–Kier alpha value is -3.86. The molecule has 152 valence electrons. The normalized spacial score (nSPS) is 11.1. The van der Waals surface area contributed by atoms with Crippen LogP contribution in [0.2, 0.25) is 0 Å². The fourth-order valence-electron chi connectivity index (χ4n) is 3.32. The van der Waals surface area contributed by atoms with Crippen molar-refractivity contribution in [3.8, 4) is 17.5 Å². The SMILES string of the molecule is CC(C)n1ncc2c(C(=O)N(CCC#N)Cc3ccco3)cc(-c3ccco3)nc21. The van der Waals surface area contributed by atoms with Crippen LogP contribution in [-0.2, 0) is 6.54 Å². The molecular formula is C22H21N5O3. The van der Waals surface area contributed by atoms with Crippen LogP contribution in [0.4, 0.5) is 0 Å². The minimum absolute atomic E-state index is 0.0719. The second kappa shape index (κ2) is 8.25. The zero-order valence-corrected chi connectivity index (χ0v) is 16.8. The maximum atomic E-state index is 13.6. The Kier molecular flexibility index (Phi) is 5.35. The lowest BCUT2D eigenvalue weighted by Crippen LogP contribution is -2.31. The Labute approximate surface area is 173 Å². The van der Waals surface area contributed by atoms with E-state index in [9.17, 15) is 4.79 Å². The standard InChI is InChI=1S/C22H21N5O3/c1-15(2)27-21-18(13-24-27)17(12-19(25-21)20-7-4-11-30-20)22(28)26(9-5-8-23)14-16-6-3-10-29-16/h3-4,6-7,10-13,15H,5,9,14H2,1-2H3. The number of nitrogens with zero attached hydrogens (tertiary/aromatic N) is 5. The lowest BCUT2D eigenvalue weighted by Gasteiger charge is -2.21. The van der Waals surface area contributed by atoms with Gasteiger partial charge in [0.25, 0.3) is 5.91 Å². The number of rotatable bonds is 7. The molecule has 0 fully saturated rings. The molecule has 4 heterocycles. The summed E-state index contributed by atoms with van der Waals surface area (Å²) < 4.78 is 12.7. The van der Waals surface area contributed by atoms with Crippen LogP contribution >= 0.6 is 0 Å². The highest BCUT2D eigenvalue weighted by Gasteiger charge is 2.24. The van der Waals surface area contributed by atoms with Crippen LogP contribution in [-0.4, -0.2) is 32.1 Å². The molecule has 0 aromatic carbocycles. The van der Waals surface area contributed by atoms with Gasteiger partial charge in [0.1, 0.15) is 11.5 Å². The number of furan rings is 2. The van der Waals surface area contributed by atoms with E-state index in [4.69, 9.17) is 19.1 Å². The second-order valence-electron chi connectivity index (χ2n) is 7.17. The summed E-state index contributed by atoms with van der Waals surface area (Å²) in [5.74, 6) is 0.998. The van der Waals surface area contributed by atoms with Gasteiger partial charge in [-0.05, 0) is 44.2 Å². The van der Waals surface area contributed by atoms with Crippen LogP contribution in [0, 0.1) is 11.3 Å². The number of fused-ring (bicyclic) bond motifs is 1. The highest BCUT2D eigenvalue weighted by atomic mass is 16.3. The molecule has 0 aliphatic heterocycles. The lowest BCUT2D eigenvalue weighted by molar-refractivity contribution is 0.0737. The van der Waals surface area contributed by atoms with Crippen molar-refractivity contribution >= 4 is 16.9 Å². The third-order valence-corrected chi connectivity index (χ3v) is 4.77. The summed E-state index contributed by atoms with van der Waals surface area (Å²) in [6, 6.07) is 11.1. The van der Waals surface area contributed by atoms with Crippen LogP contribution in [0.1, 0.15) is 42.4 Å². The average Bonchev–Trinajstić information content (AvgIpc) is 3.50. The predicted molar refractivity (Wildman–Crippen MR) is 109 cm³/mol. The number of aromatic nitrogens is 3. The van der Waals surface area contributed by atoms with E-state index in [1.165, 1.54) is 0 Å². The maximum Gasteiger partial charge on any atom is 0.255 e. The van der Waals surface area contributed by atoms with Crippen molar-refractivity contribution in [1.82, 2.24) is 19.7 Å². The highest BCUT2D eigenvalue weighted by Crippen LogP contribution is 2.28. The summed E-state index contributed by atoms with van der Waals surface area (Å²) in [6.07, 6.45) is 5.01. The van der Waals surface area contributed by atoms with Gasteiger partial charge in [-0.25, -0.2) is 9.67 Å². The molecule has 4 aromatic rings. The van der Waals surface area contributed by atoms with E-state index in [-0.39, 0.29) is 31.5 Å². The van der Waals surface area contributed by atoms with Crippen molar-refractivity contribution in [3.05, 3.63) is 60.4 Å². The molecule has 0 aliphatic carbocycles. The molecule has 0 bridgehead atoms. The number of carbonyl (C=O) groups is 1. The van der Waals surface area contributed by atoms with E-state index in [0.717, 1.165) is 0 Å². The molecule has 0 saturated heterocycles. The van der Waals surface area contributed by atoms with Crippen LogP contribution < -0.4 is 0 Å². The third-order valence-electron chi connectivity index (χ3n) is 4.77. The summed E-state index contributed by atoms with van der Waals surface area (Å²) in [5.41, 5.74) is 1.62. The molecule has 0 saturated carbocycles. The van der Waals surface area contributed by atoms with E-state index in [1.54, 1.807) is 58.6 Å². The van der Waals surface area contributed by atoms with Gasteiger partial charge in [-0.1, -0.05) is 0 Å². The monoisotopic (exact) mass is 403 g/mol. The van der Waals surface area contributed by atoms with Crippen molar-refractivity contribution in [2.45, 2.75) is 32.9 Å². The topological polar surface area (TPSA) is 101 Å². The molecule has 0 atom stereocenters. The molecule has 0 radical (unpaired) electrons. The van der Waals surface area contributed by atoms with E-state index < -0.39 is 0 Å². The third kappa shape index (κ3) is 3.70. The summed E-state index contributed by atoms with van der Waals surface area (Å²) in [4.78, 5) is 19.9. The van der Waals surface area contributed by atoms with Crippen molar-refractivity contribution in [2.75, 3.05) is 6.54 Å². The smallest absolute Gasteiger partial charge is 0.255 e. The van der Waals surface area contributed by atoms with Crippen molar-refractivity contribution in [3.63, 3.8) is 0 Å². The molecule has 0 aliphatic rings. The average molecular weight is 403 g/mol. The van der Waals surface area contributed by atoms with Gasteiger partial charge in [-0.3, -0.25) is 4.79 Å². The molecule has 1 amide bonds. The van der Waals surface area contributed by atoms with Gasteiger partial charge in [-0.2, -0.15) is 10.4 Å². The van der Waals surface area contributed by atoms with E-state index >= 15 is 0 Å². The summed E-state index contributed by atoms with van der Waals surface area (Å²) in [5, 5.41) is 14.1. The first-order valence-corrected chi connectivity index (χ1v) is 9.69. The van der Waals surface area contributed by atoms with Gasteiger partial charge < -0.3 is 13.7 Å². The van der Waals surface area contributed by atoms with Gasteiger partial charge in [0.2, 0.25) is 0 Å². The summed E-state index contributed by atoms with van der Waals surface area (Å²) in [6.45, 7) is 4.57. The number of amides is 1. The molecule has 0 spiro atoms. The minimum atomic E-state index is -0.217. The highest BCUT2D eigenvalue weighted by molar-refractivity contribution is 6.06. The molecular weight excluding hydrogens is 382 g/mol. The molecule has 8 heteroatoms. The van der Waals surface area contributed by atoms with Crippen LogP contribution in [0.3, 0.4) is 0 Å². The van der Waals surface area contributed by atoms with E-state index in [0.29, 0.717) is 33.8 Å². The maximum absolute atomic E-state index is 13.6. The Morgan fingerprint density at radius 2 is 2.07 bits per heavy atom. The van der Waals surface area contributed by atoms with Gasteiger partial charge in [0.05, 0.1) is 48.7 Å². The molecule has 30 heavy (non-hydrogen) atoms. The van der Waals surface area contributed by atoms with E-state index in [1.807, 2.05) is 13.8 Å². The first-order chi connectivity index (χ1) is 14.6. The summed E-state index contributed by atoms with van der Waals surface area (Å²) >= 11 is 0. The van der Waals surface area contributed by atoms with Gasteiger partial charge in [-0.15, -0.1) is 0 Å². The predicted octanol–water partition coefficient (Wildman–Crippen LogP) is 4.42. The molecule has 0 unspecified atom stereocenters. The first-order valence-electron chi connectivity index (χ1n) is 9.69. The van der Waals surface area contributed by atoms with Crippen LogP contribution in [0.5, 0.6) is 0 Å². The zero-order valence-electron chi connectivity index (χ0n) is 16.8. The minimum Gasteiger partial charge on any atom is -0.467 e. The van der Waals surface area contributed by atoms with E-state index in [2.05, 4.69) is 11.2 Å². The van der Waals surface area contributed by atoms with Gasteiger partial charge in [0.15, 0.2) is 11.4 Å². The lowest BCUT2D eigenvalue weighted by atomic mass is 10.1. The quantitative estimate of drug-likeness (QED) is 0.453. The largest absolute Gasteiger partial charge is 0.467 e. The second-order valence-corrected chi connectivity index (χ2v) is 7.17. The van der Waals surface area contributed by atoms with Gasteiger partial charge >= 0.3 is 0 Å². The molecule has 8 nitrogen and oxygen atoms in total. The fraction of sp³-hybridized carbons (Fsp3) is 0.273. The van der Waals surface area contributed by atoms with Crippen LogP contribution in [0.15, 0.2) is 57.9 Å². The Morgan fingerprint density at radius 3 is 2.73 bits per heavy atom. The fourth-order valence-corrected chi connectivity index (χ4v) is 3.32. The molecule has 0 N–H and O–H groups in total. The number of nitriles is 1. The first kappa shape index (κ1) is 19.5. The Morgan fingerprint density at radius 1 is 1.27 bits per heavy atom. The van der Waals surface area contributed by atoms with Crippen molar-refractivity contribution in [1.29, 1.82) is 5.26 Å². The number of hydrogen-bond acceptors (Lipinski definition) is 6. The van der Waals surface area contributed by atoms with Crippen molar-refractivity contribution < 1.29 is 13.6 Å². The molecule has 4 aromatic heterocycles. The Bertz CT molecular complexity index is 1180. The zero-order chi connectivity index (χ0) is 21.1. The summed E-state index contributed by atoms with van der Waals surface area (Å²) in [7, 11) is 0. The van der Waals surface area contributed by atoms with Crippen LogP contribution in [0.25, 0.3) is 22.5 Å². The molecule has 4 rings (SSSR count). The number of pyridine rings is 1. The number of hydrogen-bond donors (Lipinski definition) is 0. The Balaban J connectivity index is 1.82. The number of carbonyl (C=O) groups excluding carboxylic acids is 1. The van der Waals surface area contributed by atoms with Gasteiger partial charge in [0, 0.05) is 12.6 Å².